The summed E-state index contributed by atoms with van der Waals surface area (Å²) >= 11 is -2.08. The standard InChI is InChI=1S/C21H16F3NO4S/c1-2-29-21(27)15-19(26)13-10-14(22)16(23)17(24)18(13)25(11-8-9-11)20(15)30(28)12-6-4-3-5-7-12/h3-7,10-11H,2,8-9H2,1H3. The zero-order valence-corrected chi connectivity index (χ0v) is 16.6. The third-order valence-corrected chi connectivity index (χ3v) is 6.26. The van der Waals surface area contributed by atoms with Gasteiger partial charge >= 0.3 is 5.97 Å². The predicted molar refractivity (Wildman–Crippen MR) is 103 cm³/mol. The number of halogens is 3. The Hall–Kier alpha value is -2.78. The van der Waals surface area contributed by atoms with Crippen molar-refractivity contribution >= 4 is 28.0 Å². The summed E-state index contributed by atoms with van der Waals surface area (Å²) in [6, 6.07) is 8.13. The van der Waals surface area contributed by atoms with Crippen LogP contribution >= 0.6 is 0 Å². The van der Waals surface area contributed by atoms with Crippen molar-refractivity contribution in [3.8, 4) is 0 Å². The summed E-state index contributed by atoms with van der Waals surface area (Å²) in [6.07, 6.45) is 1.08. The van der Waals surface area contributed by atoms with Gasteiger partial charge in [-0.05, 0) is 38.0 Å². The number of esters is 1. The van der Waals surface area contributed by atoms with Gasteiger partial charge in [-0.2, -0.15) is 0 Å². The number of rotatable bonds is 5. The molecule has 1 fully saturated rings. The average Bonchev–Trinajstić information content (AvgIpc) is 3.57. The first-order valence-corrected chi connectivity index (χ1v) is 10.4. The number of carbonyl (C=O) groups excluding carboxylic acids is 1. The number of ether oxygens (including phenoxy) is 1. The molecule has 1 heterocycles. The fraction of sp³-hybridized carbons (Fsp3) is 0.238. The van der Waals surface area contributed by atoms with Crippen LogP contribution in [0, 0.1) is 17.5 Å². The van der Waals surface area contributed by atoms with Crippen LogP contribution in [0.5, 0.6) is 0 Å². The molecule has 1 unspecified atom stereocenters. The van der Waals surface area contributed by atoms with Crippen LogP contribution < -0.4 is 5.43 Å². The van der Waals surface area contributed by atoms with Crippen LogP contribution in [0.1, 0.15) is 36.2 Å². The molecule has 1 saturated carbocycles. The number of pyridine rings is 1. The van der Waals surface area contributed by atoms with E-state index in [2.05, 4.69) is 0 Å². The lowest BCUT2D eigenvalue weighted by molar-refractivity contribution is 0.0518. The van der Waals surface area contributed by atoms with E-state index in [0.29, 0.717) is 18.9 Å². The van der Waals surface area contributed by atoms with Crippen molar-refractivity contribution in [2.75, 3.05) is 6.61 Å². The highest BCUT2D eigenvalue weighted by Crippen LogP contribution is 2.42. The zero-order valence-electron chi connectivity index (χ0n) is 15.8. The molecule has 1 aliphatic carbocycles. The normalized spacial score (nSPS) is 14.7. The molecule has 4 rings (SSSR count). The summed E-state index contributed by atoms with van der Waals surface area (Å²) in [5, 5.41) is -0.778. The van der Waals surface area contributed by atoms with Crippen LogP contribution in [0.15, 0.2) is 51.1 Å². The molecule has 0 saturated heterocycles. The Morgan fingerprint density at radius 1 is 1.20 bits per heavy atom. The maximum absolute atomic E-state index is 14.8. The number of hydrogen-bond acceptors (Lipinski definition) is 4. The van der Waals surface area contributed by atoms with Gasteiger partial charge in [0.15, 0.2) is 27.9 Å². The Bertz CT molecular complexity index is 1210. The molecule has 1 atom stereocenters. The molecule has 9 heteroatoms. The highest BCUT2D eigenvalue weighted by atomic mass is 32.2. The van der Waals surface area contributed by atoms with Gasteiger partial charge in [-0.3, -0.25) is 9.36 Å². The van der Waals surface area contributed by atoms with E-state index in [1.807, 2.05) is 0 Å². The highest BCUT2D eigenvalue weighted by Gasteiger charge is 2.40. The number of fused-ring (bicyclic) bond motifs is 1. The second-order valence-corrected chi connectivity index (χ2v) is 8.19. The van der Waals surface area contributed by atoms with Gasteiger partial charge in [-0.25, -0.2) is 18.0 Å². The van der Waals surface area contributed by atoms with Crippen molar-refractivity contribution in [3.05, 3.63) is 69.6 Å². The van der Waals surface area contributed by atoms with Crippen molar-refractivity contribution in [1.82, 2.24) is 4.57 Å². The first kappa shape index (κ1) is 20.5. The van der Waals surface area contributed by atoms with E-state index in [9.17, 15) is 27.3 Å². The molecule has 5 nitrogen and oxygen atoms in total. The third-order valence-electron chi connectivity index (χ3n) is 4.81. The van der Waals surface area contributed by atoms with E-state index in [-0.39, 0.29) is 16.5 Å². The zero-order chi connectivity index (χ0) is 21.6. The SMILES string of the molecule is CCOC(=O)c1c([S+]([O-])c2ccccc2)n(C2CC2)c2c(F)c(F)c(F)cc2c1=O. The lowest BCUT2D eigenvalue weighted by atomic mass is 10.1. The van der Waals surface area contributed by atoms with E-state index < -0.39 is 62.5 Å². The summed E-state index contributed by atoms with van der Waals surface area (Å²) in [6.45, 7) is 1.46. The van der Waals surface area contributed by atoms with E-state index in [1.165, 1.54) is 23.6 Å². The molecule has 0 amide bonds. The van der Waals surface area contributed by atoms with Gasteiger partial charge < -0.3 is 9.29 Å². The fourth-order valence-corrected chi connectivity index (χ4v) is 4.76. The smallest absolute Gasteiger partial charge is 0.349 e. The Kier molecular flexibility index (Phi) is 5.33. The predicted octanol–water partition coefficient (Wildman–Crippen LogP) is 4.10. The van der Waals surface area contributed by atoms with E-state index in [1.54, 1.807) is 18.2 Å². The van der Waals surface area contributed by atoms with Gasteiger partial charge in [-0.1, -0.05) is 18.2 Å². The third kappa shape index (κ3) is 3.27. The summed E-state index contributed by atoms with van der Waals surface area (Å²) in [5.41, 5.74) is -2.13. The monoisotopic (exact) mass is 435 g/mol. The van der Waals surface area contributed by atoms with Crippen molar-refractivity contribution in [2.45, 2.75) is 35.7 Å². The van der Waals surface area contributed by atoms with Crippen LogP contribution in [0.25, 0.3) is 10.9 Å². The molecule has 0 aliphatic heterocycles. The van der Waals surface area contributed by atoms with Crippen molar-refractivity contribution < 1.29 is 27.3 Å². The summed E-state index contributed by atoms with van der Waals surface area (Å²) < 4.78 is 62.4. The Morgan fingerprint density at radius 2 is 1.87 bits per heavy atom. The van der Waals surface area contributed by atoms with Gasteiger partial charge in [0.1, 0.15) is 0 Å². The molecule has 0 bridgehead atoms. The largest absolute Gasteiger partial charge is 0.605 e. The average molecular weight is 435 g/mol. The molecule has 156 valence electrons. The second kappa shape index (κ2) is 7.81. The summed E-state index contributed by atoms with van der Waals surface area (Å²) in [7, 11) is 0. The van der Waals surface area contributed by atoms with Crippen LogP contribution in [-0.2, 0) is 15.9 Å². The van der Waals surface area contributed by atoms with Gasteiger partial charge in [0, 0.05) is 17.2 Å². The maximum atomic E-state index is 14.8. The van der Waals surface area contributed by atoms with Crippen LogP contribution in [0.2, 0.25) is 0 Å². The molecule has 30 heavy (non-hydrogen) atoms. The molecular weight excluding hydrogens is 419 g/mol. The number of benzene rings is 2. The Balaban J connectivity index is 2.17. The number of aromatic nitrogens is 1. The van der Waals surface area contributed by atoms with Crippen LogP contribution in [0.3, 0.4) is 0 Å². The topological polar surface area (TPSA) is 71.4 Å². The molecule has 1 aromatic heterocycles. The first-order chi connectivity index (χ1) is 14.4. The Morgan fingerprint density at radius 3 is 2.47 bits per heavy atom. The first-order valence-electron chi connectivity index (χ1n) is 9.26. The number of nitrogens with zero attached hydrogens (tertiary/aromatic N) is 1. The molecular formula is C21H16F3NO4S. The Labute approximate surface area is 172 Å². The molecule has 0 spiro atoms. The number of carbonyl (C=O) groups is 1. The number of hydrogen-bond donors (Lipinski definition) is 0. The van der Waals surface area contributed by atoms with Crippen LogP contribution in [-0.4, -0.2) is 21.7 Å². The minimum Gasteiger partial charge on any atom is -0.605 e. The fourth-order valence-electron chi connectivity index (χ4n) is 3.35. The van der Waals surface area contributed by atoms with Gasteiger partial charge in [-0.15, -0.1) is 0 Å². The van der Waals surface area contributed by atoms with Crippen molar-refractivity contribution in [1.29, 1.82) is 0 Å². The molecule has 0 N–H and O–H groups in total. The highest BCUT2D eigenvalue weighted by molar-refractivity contribution is 7.91. The maximum Gasteiger partial charge on any atom is 0.349 e. The lowest BCUT2D eigenvalue weighted by Gasteiger charge is -2.21. The quantitative estimate of drug-likeness (QED) is 0.344. The minimum absolute atomic E-state index is 0.0662. The summed E-state index contributed by atoms with van der Waals surface area (Å²) in [5.74, 6) is -5.90. The van der Waals surface area contributed by atoms with Crippen molar-refractivity contribution in [2.24, 2.45) is 0 Å². The molecule has 2 aromatic carbocycles. The summed E-state index contributed by atoms with van der Waals surface area (Å²) in [4.78, 5) is 26.0. The van der Waals surface area contributed by atoms with E-state index >= 15 is 0 Å². The van der Waals surface area contributed by atoms with Gasteiger partial charge in [0.25, 0.3) is 5.03 Å². The minimum atomic E-state index is -2.08. The molecule has 0 radical (unpaired) electrons. The molecule has 1 aliphatic rings. The van der Waals surface area contributed by atoms with E-state index in [0.717, 1.165) is 0 Å². The van der Waals surface area contributed by atoms with Crippen molar-refractivity contribution in [3.63, 3.8) is 0 Å². The van der Waals surface area contributed by atoms with Gasteiger partial charge in [0.2, 0.25) is 5.43 Å². The lowest BCUT2D eigenvalue weighted by Crippen LogP contribution is -2.29. The van der Waals surface area contributed by atoms with Crippen LogP contribution in [0.4, 0.5) is 13.2 Å². The van der Waals surface area contributed by atoms with Gasteiger partial charge in [0.05, 0.1) is 17.5 Å². The van der Waals surface area contributed by atoms with E-state index in [4.69, 9.17) is 4.74 Å². The second-order valence-electron chi connectivity index (χ2n) is 6.80. The molecule has 3 aromatic rings.